The Kier molecular flexibility index (Phi) is 5.27. The summed E-state index contributed by atoms with van der Waals surface area (Å²) in [5.41, 5.74) is 1.92. The van der Waals surface area contributed by atoms with E-state index in [1.165, 1.54) is 0 Å². The molecule has 0 bridgehead atoms. The van der Waals surface area contributed by atoms with Crippen LogP contribution in [-0.2, 0) is 17.8 Å². The molecule has 6 nitrogen and oxygen atoms in total. The van der Waals surface area contributed by atoms with Crippen LogP contribution in [0.1, 0.15) is 17.0 Å². The van der Waals surface area contributed by atoms with Crippen LogP contribution in [0.4, 0.5) is 0 Å². The first-order valence-electron chi connectivity index (χ1n) is 8.23. The van der Waals surface area contributed by atoms with Crippen LogP contribution in [-0.4, -0.2) is 46.8 Å². The number of carbonyl (C=O) groups is 1. The lowest BCUT2D eigenvalue weighted by atomic mass is 10.0. The highest BCUT2D eigenvalue weighted by atomic mass is 16.5. The van der Waals surface area contributed by atoms with E-state index in [-0.39, 0.29) is 11.8 Å². The van der Waals surface area contributed by atoms with Crippen LogP contribution in [0, 0.1) is 12.8 Å². The van der Waals surface area contributed by atoms with Crippen molar-refractivity contribution in [3.8, 4) is 0 Å². The molecule has 1 fully saturated rings. The molecule has 3 rings (SSSR count). The number of aliphatic hydroxyl groups is 1. The molecule has 2 heterocycles. The molecule has 128 valence electrons. The van der Waals surface area contributed by atoms with Gasteiger partial charge >= 0.3 is 0 Å². The first-order chi connectivity index (χ1) is 11.6. The van der Waals surface area contributed by atoms with Crippen LogP contribution in [0.25, 0.3) is 0 Å². The first-order valence-corrected chi connectivity index (χ1v) is 8.23. The van der Waals surface area contributed by atoms with E-state index >= 15 is 0 Å². The maximum absolute atomic E-state index is 12.1. The molecule has 24 heavy (non-hydrogen) atoms. The van der Waals surface area contributed by atoms with E-state index in [1.54, 1.807) is 0 Å². The normalized spacial score (nSPS) is 21.1. The third-order valence-electron chi connectivity index (χ3n) is 4.32. The van der Waals surface area contributed by atoms with Crippen LogP contribution in [0.2, 0.25) is 0 Å². The lowest BCUT2D eigenvalue weighted by Crippen LogP contribution is -2.36. The summed E-state index contributed by atoms with van der Waals surface area (Å²) in [5.74, 6) is 0.827. The summed E-state index contributed by atoms with van der Waals surface area (Å²) in [4.78, 5) is 14.1. The Labute approximate surface area is 141 Å². The van der Waals surface area contributed by atoms with E-state index in [2.05, 4.69) is 10.5 Å². The summed E-state index contributed by atoms with van der Waals surface area (Å²) < 4.78 is 5.22. The van der Waals surface area contributed by atoms with Crippen molar-refractivity contribution in [2.45, 2.75) is 26.0 Å². The van der Waals surface area contributed by atoms with Gasteiger partial charge in [-0.3, -0.25) is 9.69 Å². The average molecular weight is 329 g/mol. The van der Waals surface area contributed by atoms with E-state index in [1.807, 2.05) is 48.2 Å². The van der Waals surface area contributed by atoms with Crippen LogP contribution in [0.5, 0.6) is 0 Å². The number of aromatic nitrogens is 1. The third kappa shape index (κ3) is 4.43. The van der Waals surface area contributed by atoms with E-state index in [4.69, 9.17) is 4.52 Å². The highest BCUT2D eigenvalue weighted by Gasteiger charge is 2.33. The van der Waals surface area contributed by atoms with Gasteiger partial charge in [0.1, 0.15) is 5.76 Å². The molecule has 0 spiro atoms. The molecule has 1 saturated heterocycles. The van der Waals surface area contributed by atoms with Crippen LogP contribution in [0.3, 0.4) is 0 Å². The number of nitrogens with one attached hydrogen (secondary N) is 1. The van der Waals surface area contributed by atoms with Gasteiger partial charge in [-0.25, -0.2) is 0 Å². The van der Waals surface area contributed by atoms with Crippen LogP contribution < -0.4 is 5.32 Å². The van der Waals surface area contributed by atoms with E-state index in [9.17, 15) is 9.90 Å². The zero-order chi connectivity index (χ0) is 16.9. The Morgan fingerprint density at radius 1 is 1.38 bits per heavy atom. The van der Waals surface area contributed by atoms with Gasteiger partial charge in [-0.05, 0) is 12.5 Å². The van der Waals surface area contributed by atoms with Gasteiger partial charge in [-0.15, -0.1) is 0 Å². The number of nitrogens with zero attached hydrogens (tertiary/aromatic N) is 2. The molecule has 1 amide bonds. The standard InChI is InChI=1S/C18H23N3O3/c1-13-7-16(24-20-13)8-15-10-21(11-17(15)22)12-18(23)19-9-14-5-3-2-4-6-14/h2-7,15,17,22H,8-12H2,1H3,(H,19,23)/t15-,17+/m1/s1. The maximum atomic E-state index is 12.1. The largest absolute Gasteiger partial charge is 0.391 e. The number of aliphatic hydroxyl groups excluding tert-OH is 1. The number of likely N-dealkylation sites (tertiary alicyclic amines) is 1. The van der Waals surface area contributed by atoms with Crippen molar-refractivity contribution in [3.63, 3.8) is 0 Å². The van der Waals surface area contributed by atoms with Gasteiger partial charge < -0.3 is 14.9 Å². The van der Waals surface area contributed by atoms with E-state index in [0.29, 0.717) is 32.6 Å². The predicted molar refractivity (Wildman–Crippen MR) is 89.2 cm³/mol. The quantitative estimate of drug-likeness (QED) is 0.831. The molecular formula is C18H23N3O3. The molecule has 1 aromatic heterocycles. The van der Waals surface area contributed by atoms with Crippen molar-refractivity contribution < 1.29 is 14.4 Å². The fourth-order valence-corrected chi connectivity index (χ4v) is 3.10. The fraction of sp³-hybridized carbons (Fsp3) is 0.444. The number of rotatable bonds is 6. The number of β-amino-alcohol motifs (C(OH)–C–C–N with tert-alkyl or cyclic N) is 1. The number of benzene rings is 1. The number of aryl methyl sites for hydroxylation is 1. The minimum atomic E-state index is -0.447. The molecule has 1 aliphatic rings. The minimum Gasteiger partial charge on any atom is -0.391 e. The summed E-state index contributed by atoms with van der Waals surface area (Å²) in [6.07, 6.45) is 0.196. The summed E-state index contributed by atoms with van der Waals surface area (Å²) >= 11 is 0. The van der Waals surface area contributed by atoms with Crippen molar-refractivity contribution in [2.75, 3.05) is 19.6 Å². The molecule has 2 N–H and O–H groups in total. The number of amides is 1. The monoisotopic (exact) mass is 329 g/mol. The van der Waals surface area contributed by atoms with Gasteiger partial charge in [0.15, 0.2) is 0 Å². The molecule has 0 radical (unpaired) electrons. The van der Waals surface area contributed by atoms with Gasteiger partial charge in [0.25, 0.3) is 0 Å². The second kappa shape index (κ2) is 7.59. The Morgan fingerprint density at radius 2 is 2.17 bits per heavy atom. The van der Waals surface area contributed by atoms with Gasteiger partial charge in [-0.2, -0.15) is 0 Å². The van der Waals surface area contributed by atoms with Crippen molar-refractivity contribution in [3.05, 3.63) is 53.4 Å². The second-order valence-corrected chi connectivity index (χ2v) is 6.42. The van der Waals surface area contributed by atoms with E-state index in [0.717, 1.165) is 17.0 Å². The topological polar surface area (TPSA) is 78.6 Å². The number of hydrogen-bond donors (Lipinski definition) is 2. The molecule has 2 aromatic rings. The molecule has 1 aliphatic heterocycles. The lowest BCUT2D eigenvalue weighted by molar-refractivity contribution is -0.122. The van der Waals surface area contributed by atoms with Gasteiger partial charge in [0.2, 0.25) is 5.91 Å². The highest BCUT2D eigenvalue weighted by Crippen LogP contribution is 2.21. The van der Waals surface area contributed by atoms with Crippen molar-refractivity contribution in [1.82, 2.24) is 15.4 Å². The van der Waals surface area contributed by atoms with Gasteiger partial charge in [-0.1, -0.05) is 35.5 Å². The summed E-state index contributed by atoms with van der Waals surface area (Å²) in [6.45, 7) is 3.89. The Hall–Kier alpha value is -2.18. The zero-order valence-corrected chi connectivity index (χ0v) is 13.8. The highest BCUT2D eigenvalue weighted by molar-refractivity contribution is 5.78. The molecule has 1 aromatic carbocycles. The zero-order valence-electron chi connectivity index (χ0n) is 13.8. The lowest BCUT2D eigenvalue weighted by Gasteiger charge is -2.15. The first kappa shape index (κ1) is 16.7. The summed E-state index contributed by atoms with van der Waals surface area (Å²) in [6, 6.07) is 11.7. The molecule has 0 saturated carbocycles. The molecule has 0 aliphatic carbocycles. The Bertz CT molecular complexity index is 671. The Morgan fingerprint density at radius 3 is 2.88 bits per heavy atom. The van der Waals surface area contributed by atoms with Crippen molar-refractivity contribution in [2.24, 2.45) is 5.92 Å². The third-order valence-corrected chi connectivity index (χ3v) is 4.32. The van der Waals surface area contributed by atoms with Crippen molar-refractivity contribution in [1.29, 1.82) is 0 Å². The fourth-order valence-electron chi connectivity index (χ4n) is 3.10. The van der Waals surface area contributed by atoms with Gasteiger partial charge in [0, 0.05) is 38.0 Å². The van der Waals surface area contributed by atoms with Crippen LogP contribution in [0.15, 0.2) is 40.9 Å². The summed E-state index contributed by atoms with van der Waals surface area (Å²) in [5, 5.41) is 17.0. The summed E-state index contributed by atoms with van der Waals surface area (Å²) in [7, 11) is 0. The van der Waals surface area contributed by atoms with Crippen molar-refractivity contribution >= 4 is 5.91 Å². The average Bonchev–Trinajstić information content (AvgIpc) is 3.12. The molecule has 2 atom stereocenters. The minimum absolute atomic E-state index is 0.0257. The maximum Gasteiger partial charge on any atom is 0.234 e. The predicted octanol–water partition coefficient (Wildman–Crippen LogP) is 1.13. The molecular weight excluding hydrogens is 306 g/mol. The SMILES string of the molecule is Cc1cc(C[C@@H]2CN(CC(=O)NCc3ccccc3)C[C@@H]2O)on1. The number of carbonyl (C=O) groups excluding carboxylic acids is 1. The second-order valence-electron chi connectivity index (χ2n) is 6.42. The molecule has 0 unspecified atom stereocenters. The smallest absolute Gasteiger partial charge is 0.234 e. The van der Waals surface area contributed by atoms with E-state index < -0.39 is 6.10 Å². The number of hydrogen-bond acceptors (Lipinski definition) is 5. The Balaban J connectivity index is 1.45. The molecule has 6 heteroatoms. The van der Waals surface area contributed by atoms with Crippen LogP contribution >= 0.6 is 0 Å². The van der Waals surface area contributed by atoms with Gasteiger partial charge in [0.05, 0.1) is 18.3 Å².